The molecule has 0 atom stereocenters. The van der Waals surface area contributed by atoms with Gasteiger partial charge in [-0.1, -0.05) is 28.9 Å². The van der Waals surface area contributed by atoms with Crippen LogP contribution in [0.5, 0.6) is 0 Å². The molecule has 0 aliphatic heterocycles. The summed E-state index contributed by atoms with van der Waals surface area (Å²) in [5.74, 6) is 0.667. The summed E-state index contributed by atoms with van der Waals surface area (Å²) < 4.78 is 0.896. The maximum atomic E-state index is 12.0. The van der Waals surface area contributed by atoms with Gasteiger partial charge in [0.25, 0.3) is 5.91 Å². The van der Waals surface area contributed by atoms with Crippen molar-refractivity contribution >= 4 is 63.1 Å². The number of hydrogen-bond acceptors (Lipinski definition) is 4. The molecule has 0 unspecified atom stereocenters. The molecule has 148 valence electrons. The molecule has 0 radical (unpaired) electrons. The number of aliphatic imine (C=N–C) groups is 1. The first-order chi connectivity index (χ1) is 12.6. The van der Waals surface area contributed by atoms with Gasteiger partial charge >= 0.3 is 0 Å². The number of thiazole rings is 1. The first-order valence-corrected chi connectivity index (χ1v) is 10.1. The van der Waals surface area contributed by atoms with Crippen LogP contribution in [0.4, 0.5) is 0 Å². The Kier molecular flexibility index (Phi) is 11.5. The number of guanidine groups is 1. The topological polar surface area (TPSA) is 78.4 Å². The molecule has 0 saturated heterocycles. The van der Waals surface area contributed by atoms with E-state index in [0.29, 0.717) is 18.7 Å². The van der Waals surface area contributed by atoms with Gasteiger partial charge in [0.05, 0.1) is 6.54 Å². The van der Waals surface area contributed by atoms with Crippen molar-refractivity contribution in [3.63, 3.8) is 0 Å². The third-order valence-corrected chi connectivity index (χ3v) is 5.23. The van der Waals surface area contributed by atoms with Crippen LogP contribution in [-0.2, 0) is 13.0 Å². The molecule has 9 heteroatoms. The van der Waals surface area contributed by atoms with Gasteiger partial charge in [-0.25, -0.2) is 4.98 Å². The van der Waals surface area contributed by atoms with Gasteiger partial charge in [0, 0.05) is 41.2 Å². The molecule has 0 bridgehead atoms. The number of carbonyl (C=O) groups is 1. The molecule has 2 rings (SSSR count). The van der Waals surface area contributed by atoms with E-state index in [2.05, 4.69) is 48.8 Å². The maximum Gasteiger partial charge on any atom is 0.251 e. The third-order valence-electron chi connectivity index (χ3n) is 3.60. The summed E-state index contributed by atoms with van der Waals surface area (Å²) in [6.07, 6.45) is 3.74. The minimum Gasteiger partial charge on any atom is -0.356 e. The van der Waals surface area contributed by atoms with Crippen molar-refractivity contribution in [2.75, 3.05) is 20.1 Å². The average Bonchev–Trinajstić information content (AvgIpc) is 3.12. The highest BCUT2D eigenvalue weighted by Gasteiger charge is 2.05. The molecule has 0 fully saturated rings. The van der Waals surface area contributed by atoms with Gasteiger partial charge in [0.1, 0.15) is 5.01 Å². The fourth-order valence-corrected chi connectivity index (χ4v) is 3.40. The van der Waals surface area contributed by atoms with Crippen LogP contribution in [0.1, 0.15) is 33.6 Å². The second kappa shape index (κ2) is 13.1. The summed E-state index contributed by atoms with van der Waals surface area (Å²) in [7, 11) is 1.74. The van der Waals surface area contributed by atoms with Gasteiger partial charge in [-0.15, -0.1) is 35.3 Å². The van der Waals surface area contributed by atoms with E-state index in [9.17, 15) is 4.79 Å². The molecule has 0 aliphatic carbocycles. The fraction of sp³-hybridized carbons (Fsp3) is 0.389. The smallest absolute Gasteiger partial charge is 0.251 e. The molecule has 6 nitrogen and oxygen atoms in total. The summed E-state index contributed by atoms with van der Waals surface area (Å²) in [5.41, 5.74) is 0.653. The van der Waals surface area contributed by atoms with Crippen molar-refractivity contribution in [2.24, 2.45) is 4.99 Å². The SMILES string of the molecule is CCc1cnc(CNC(=NC)NCCCNC(=O)c2cccc(Br)c2)s1.I. The number of halogens is 2. The van der Waals surface area contributed by atoms with E-state index >= 15 is 0 Å². The molecule has 1 aromatic heterocycles. The normalized spacial score (nSPS) is 10.9. The zero-order valence-corrected chi connectivity index (χ0v) is 20.2. The van der Waals surface area contributed by atoms with Crippen LogP contribution in [0.15, 0.2) is 39.9 Å². The van der Waals surface area contributed by atoms with Crippen molar-refractivity contribution in [3.05, 3.63) is 50.4 Å². The minimum atomic E-state index is -0.0655. The lowest BCUT2D eigenvalue weighted by atomic mass is 10.2. The van der Waals surface area contributed by atoms with E-state index in [1.165, 1.54) is 4.88 Å². The number of hydrogen-bond donors (Lipinski definition) is 3. The zero-order valence-electron chi connectivity index (χ0n) is 15.4. The predicted octanol–water partition coefficient (Wildman–Crippen LogP) is 3.57. The van der Waals surface area contributed by atoms with Crippen LogP contribution in [-0.4, -0.2) is 37.0 Å². The molecule has 2 aromatic rings. The Hall–Kier alpha value is -1.20. The zero-order chi connectivity index (χ0) is 18.8. The van der Waals surface area contributed by atoms with Gasteiger partial charge in [-0.2, -0.15) is 0 Å². The van der Waals surface area contributed by atoms with Gasteiger partial charge < -0.3 is 16.0 Å². The Morgan fingerprint density at radius 3 is 2.70 bits per heavy atom. The minimum absolute atomic E-state index is 0. The first kappa shape index (κ1) is 23.8. The summed E-state index contributed by atoms with van der Waals surface area (Å²) in [5, 5.41) is 10.5. The maximum absolute atomic E-state index is 12.0. The number of nitrogens with one attached hydrogen (secondary N) is 3. The Bertz CT molecular complexity index is 753. The fourth-order valence-electron chi connectivity index (χ4n) is 2.20. The molecule has 0 spiro atoms. The molecule has 1 heterocycles. The lowest BCUT2D eigenvalue weighted by molar-refractivity contribution is 0.0953. The van der Waals surface area contributed by atoms with E-state index in [4.69, 9.17) is 0 Å². The number of aryl methyl sites for hydroxylation is 1. The van der Waals surface area contributed by atoms with E-state index in [-0.39, 0.29) is 29.9 Å². The van der Waals surface area contributed by atoms with E-state index in [0.717, 1.165) is 34.8 Å². The monoisotopic (exact) mass is 565 g/mol. The van der Waals surface area contributed by atoms with Crippen molar-refractivity contribution in [1.82, 2.24) is 20.9 Å². The van der Waals surface area contributed by atoms with Gasteiger partial charge in [-0.05, 0) is 31.0 Å². The lowest BCUT2D eigenvalue weighted by Gasteiger charge is -2.11. The average molecular weight is 566 g/mol. The van der Waals surface area contributed by atoms with Crippen molar-refractivity contribution in [2.45, 2.75) is 26.3 Å². The van der Waals surface area contributed by atoms with E-state index < -0.39 is 0 Å². The number of benzene rings is 1. The first-order valence-electron chi connectivity index (χ1n) is 8.54. The van der Waals surface area contributed by atoms with E-state index in [1.807, 2.05) is 24.4 Å². The lowest BCUT2D eigenvalue weighted by Crippen LogP contribution is -2.38. The Labute approximate surface area is 189 Å². The molecule has 27 heavy (non-hydrogen) atoms. The number of rotatable bonds is 8. The second-order valence-corrected chi connectivity index (χ2v) is 7.66. The molecule has 3 N–H and O–H groups in total. The predicted molar refractivity (Wildman–Crippen MR) is 126 cm³/mol. The number of nitrogens with zero attached hydrogens (tertiary/aromatic N) is 2. The highest BCUT2D eigenvalue weighted by atomic mass is 127. The largest absolute Gasteiger partial charge is 0.356 e. The van der Waals surface area contributed by atoms with Gasteiger partial charge in [-0.3, -0.25) is 9.79 Å². The van der Waals surface area contributed by atoms with Crippen molar-refractivity contribution in [3.8, 4) is 0 Å². The highest BCUT2D eigenvalue weighted by molar-refractivity contribution is 14.0. The van der Waals surface area contributed by atoms with Crippen molar-refractivity contribution < 1.29 is 4.79 Å². The second-order valence-electron chi connectivity index (χ2n) is 5.55. The Morgan fingerprint density at radius 2 is 2.04 bits per heavy atom. The molecular weight excluding hydrogens is 541 g/mol. The molecule has 0 saturated carbocycles. The summed E-state index contributed by atoms with van der Waals surface area (Å²) in [4.78, 5) is 21.9. The van der Waals surface area contributed by atoms with E-state index in [1.54, 1.807) is 24.5 Å². The van der Waals surface area contributed by atoms with Crippen LogP contribution in [0.3, 0.4) is 0 Å². The number of carbonyl (C=O) groups excluding carboxylic acids is 1. The van der Waals surface area contributed by atoms with Crippen LogP contribution >= 0.6 is 51.2 Å². The Balaban J connectivity index is 0.00000364. The standard InChI is InChI=1S/C18H24BrN5OS.HI/c1-3-15-11-23-16(26-15)12-24-18(20-2)22-9-5-8-21-17(25)13-6-4-7-14(19)10-13;/h4,6-7,10-11H,3,5,8-9,12H2,1-2H3,(H,21,25)(H2,20,22,24);1H. The number of amides is 1. The van der Waals surface area contributed by atoms with Crippen LogP contribution in [0.2, 0.25) is 0 Å². The molecular formula is C18H25BrIN5OS. The van der Waals surface area contributed by atoms with Crippen molar-refractivity contribution in [1.29, 1.82) is 0 Å². The Morgan fingerprint density at radius 1 is 1.26 bits per heavy atom. The number of aromatic nitrogens is 1. The summed E-state index contributed by atoms with van der Waals surface area (Å²) >= 11 is 5.08. The van der Waals surface area contributed by atoms with Crippen LogP contribution in [0, 0.1) is 0 Å². The summed E-state index contributed by atoms with van der Waals surface area (Å²) in [6, 6.07) is 7.35. The van der Waals surface area contributed by atoms with Crippen LogP contribution in [0.25, 0.3) is 0 Å². The third kappa shape index (κ3) is 8.56. The van der Waals surface area contributed by atoms with Gasteiger partial charge in [0.2, 0.25) is 0 Å². The van der Waals surface area contributed by atoms with Crippen LogP contribution < -0.4 is 16.0 Å². The highest BCUT2D eigenvalue weighted by Crippen LogP contribution is 2.13. The molecule has 1 aromatic carbocycles. The molecule has 1 amide bonds. The quantitative estimate of drug-likeness (QED) is 0.198. The molecule has 0 aliphatic rings. The summed E-state index contributed by atoms with van der Waals surface area (Å²) in [6.45, 7) is 4.10. The van der Waals surface area contributed by atoms with Gasteiger partial charge in [0.15, 0.2) is 5.96 Å².